The molecule has 108 valence electrons. The fourth-order valence-corrected chi connectivity index (χ4v) is 1.98. The van der Waals surface area contributed by atoms with E-state index < -0.39 is 0 Å². The maximum absolute atomic E-state index is 11.6. The molecular formula is C13H23ClN4O. The number of aromatic nitrogens is 2. The summed E-state index contributed by atoms with van der Waals surface area (Å²) in [5.41, 5.74) is 1.91. The summed E-state index contributed by atoms with van der Waals surface area (Å²) in [6.45, 7) is 7.25. The van der Waals surface area contributed by atoms with Crippen LogP contribution in [0.2, 0.25) is 5.15 Å². The predicted molar refractivity (Wildman–Crippen MR) is 77.2 cm³/mol. The Labute approximate surface area is 119 Å². The lowest BCUT2D eigenvalue weighted by atomic mass is 10.2. The highest BCUT2D eigenvalue weighted by Gasteiger charge is 2.10. The standard InChI is InChI=1S/C13H23ClN4O/c1-5-9(2)16-12(19)6-7-15-8-11-10(3)17-18(4)13(11)14/h9,15H,5-8H2,1-4H3,(H,16,19). The van der Waals surface area contributed by atoms with Gasteiger partial charge in [-0.05, 0) is 20.3 Å². The van der Waals surface area contributed by atoms with E-state index >= 15 is 0 Å². The number of aryl methyl sites for hydroxylation is 2. The lowest BCUT2D eigenvalue weighted by molar-refractivity contribution is -0.121. The first-order valence-electron chi connectivity index (χ1n) is 6.63. The van der Waals surface area contributed by atoms with Crippen molar-refractivity contribution in [3.8, 4) is 0 Å². The summed E-state index contributed by atoms with van der Waals surface area (Å²) in [4.78, 5) is 11.6. The summed E-state index contributed by atoms with van der Waals surface area (Å²) in [6, 6.07) is 0.238. The lowest BCUT2D eigenvalue weighted by Crippen LogP contribution is -2.33. The topological polar surface area (TPSA) is 59.0 Å². The van der Waals surface area contributed by atoms with E-state index in [9.17, 15) is 4.79 Å². The van der Waals surface area contributed by atoms with Crippen molar-refractivity contribution < 1.29 is 4.79 Å². The van der Waals surface area contributed by atoms with Crippen LogP contribution in [0.15, 0.2) is 0 Å². The van der Waals surface area contributed by atoms with E-state index in [1.165, 1.54) is 0 Å². The van der Waals surface area contributed by atoms with Crippen molar-refractivity contribution in [1.82, 2.24) is 20.4 Å². The molecule has 1 heterocycles. The van der Waals surface area contributed by atoms with Crippen LogP contribution in [-0.4, -0.2) is 28.3 Å². The number of hydrogen-bond acceptors (Lipinski definition) is 3. The van der Waals surface area contributed by atoms with Gasteiger partial charge in [-0.25, -0.2) is 0 Å². The molecule has 0 aromatic carbocycles. The first-order valence-corrected chi connectivity index (χ1v) is 7.01. The Kier molecular flexibility index (Phi) is 6.31. The van der Waals surface area contributed by atoms with Crippen molar-refractivity contribution in [1.29, 1.82) is 0 Å². The van der Waals surface area contributed by atoms with Crippen molar-refractivity contribution in [2.24, 2.45) is 7.05 Å². The molecule has 0 aliphatic heterocycles. The van der Waals surface area contributed by atoms with E-state index in [4.69, 9.17) is 11.6 Å². The number of hydrogen-bond donors (Lipinski definition) is 2. The Bertz CT molecular complexity index is 431. The highest BCUT2D eigenvalue weighted by molar-refractivity contribution is 6.30. The minimum atomic E-state index is 0.0795. The van der Waals surface area contributed by atoms with Gasteiger partial charge in [0, 0.05) is 38.2 Å². The highest BCUT2D eigenvalue weighted by Crippen LogP contribution is 2.17. The Morgan fingerprint density at radius 3 is 2.74 bits per heavy atom. The Hall–Kier alpha value is -1.07. The molecule has 5 nitrogen and oxygen atoms in total. The molecule has 19 heavy (non-hydrogen) atoms. The molecule has 0 fully saturated rings. The van der Waals surface area contributed by atoms with Gasteiger partial charge < -0.3 is 10.6 Å². The Morgan fingerprint density at radius 1 is 1.53 bits per heavy atom. The average molecular weight is 287 g/mol. The molecule has 1 aromatic heterocycles. The third-order valence-corrected chi connectivity index (χ3v) is 3.59. The second kappa shape index (κ2) is 7.50. The largest absolute Gasteiger partial charge is 0.354 e. The van der Waals surface area contributed by atoms with Crippen LogP contribution in [0.25, 0.3) is 0 Å². The maximum atomic E-state index is 11.6. The Balaban J connectivity index is 2.29. The van der Waals surface area contributed by atoms with Crippen LogP contribution >= 0.6 is 11.6 Å². The molecule has 0 spiro atoms. The summed E-state index contributed by atoms with van der Waals surface area (Å²) in [6.07, 6.45) is 1.42. The minimum absolute atomic E-state index is 0.0795. The summed E-state index contributed by atoms with van der Waals surface area (Å²) in [5.74, 6) is 0.0795. The van der Waals surface area contributed by atoms with Crippen LogP contribution in [0.4, 0.5) is 0 Å². The summed E-state index contributed by atoms with van der Waals surface area (Å²) in [7, 11) is 1.82. The zero-order valence-electron chi connectivity index (χ0n) is 12.1. The second-order valence-electron chi connectivity index (χ2n) is 4.78. The van der Waals surface area contributed by atoms with Crippen molar-refractivity contribution >= 4 is 17.5 Å². The van der Waals surface area contributed by atoms with Crippen molar-refractivity contribution in [3.63, 3.8) is 0 Å². The van der Waals surface area contributed by atoms with Crippen LogP contribution < -0.4 is 10.6 Å². The number of nitrogens with one attached hydrogen (secondary N) is 2. The molecule has 0 bridgehead atoms. The summed E-state index contributed by atoms with van der Waals surface area (Å²) < 4.78 is 1.66. The fraction of sp³-hybridized carbons (Fsp3) is 0.692. The van der Waals surface area contributed by atoms with Gasteiger partial charge in [0.25, 0.3) is 0 Å². The highest BCUT2D eigenvalue weighted by atomic mass is 35.5. The smallest absolute Gasteiger partial charge is 0.221 e. The van der Waals surface area contributed by atoms with Gasteiger partial charge in [-0.1, -0.05) is 18.5 Å². The zero-order chi connectivity index (χ0) is 14.4. The van der Waals surface area contributed by atoms with Crippen LogP contribution in [-0.2, 0) is 18.4 Å². The molecule has 1 aromatic rings. The van der Waals surface area contributed by atoms with E-state index in [1.54, 1.807) is 4.68 Å². The van der Waals surface area contributed by atoms with Crippen molar-refractivity contribution in [3.05, 3.63) is 16.4 Å². The Morgan fingerprint density at radius 2 is 2.21 bits per heavy atom. The normalized spacial score (nSPS) is 12.5. The first-order chi connectivity index (χ1) is 8.95. The van der Waals surface area contributed by atoms with E-state index in [1.807, 2.05) is 20.9 Å². The van der Waals surface area contributed by atoms with E-state index in [0.29, 0.717) is 24.7 Å². The molecule has 6 heteroatoms. The van der Waals surface area contributed by atoms with E-state index in [-0.39, 0.29) is 11.9 Å². The molecule has 1 atom stereocenters. The number of halogens is 1. The molecule has 2 N–H and O–H groups in total. The van der Waals surface area contributed by atoms with Gasteiger partial charge in [0.2, 0.25) is 5.91 Å². The number of carbonyl (C=O) groups is 1. The maximum Gasteiger partial charge on any atom is 0.221 e. The second-order valence-corrected chi connectivity index (χ2v) is 5.14. The molecule has 0 saturated carbocycles. The van der Waals surface area contributed by atoms with Crippen LogP contribution in [0, 0.1) is 6.92 Å². The van der Waals surface area contributed by atoms with Crippen LogP contribution in [0.3, 0.4) is 0 Å². The summed E-state index contributed by atoms with van der Waals surface area (Å²) >= 11 is 6.12. The zero-order valence-corrected chi connectivity index (χ0v) is 12.8. The van der Waals surface area contributed by atoms with Crippen molar-refractivity contribution in [2.45, 2.75) is 46.2 Å². The fourth-order valence-electron chi connectivity index (χ4n) is 1.74. The first kappa shape index (κ1) is 16.0. The van der Waals surface area contributed by atoms with Gasteiger partial charge in [0.15, 0.2) is 0 Å². The number of rotatable bonds is 7. The molecular weight excluding hydrogens is 264 g/mol. The number of amides is 1. The van der Waals surface area contributed by atoms with Crippen LogP contribution in [0.1, 0.15) is 37.9 Å². The predicted octanol–water partition coefficient (Wildman–Crippen LogP) is 1.78. The molecule has 0 aliphatic carbocycles. The third-order valence-electron chi connectivity index (χ3n) is 3.12. The summed E-state index contributed by atoms with van der Waals surface area (Å²) in [5, 5.41) is 11.0. The third kappa shape index (κ3) is 4.84. The van der Waals surface area contributed by atoms with Gasteiger partial charge in [0.05, 0.1) is 5.69 Å². The monoisotopic (exact) mass is 286 g/mol. The molecule has 0 aliphatic rings. The van der Waals surface area contributed by atoms with E-state index in [0.717, 1.165) is 17.7 Å². The van der Waals surface area contributed by atoms with Gasteiger partial charge in [-0.15, -0.1) is 0 Å². The van der Waals surface area contributed by atoms with Gasteiger partial charge in [-0.2, -0.15) is 5.10 Å². The lowest BCUT2D eigenvalue weighted by Gasteiger charge is -2.11. The van der Waals surface area contributed by atoms with Gasteiger partial charge in [0.1, 0.15) is 5.15 Å². The average Bonchev–Trinajstić information content (AvgIpc) is 2.60. The van der Waals surface area contributed by atoms with Crippen molar-refractivity contribution in [2.75, 3.05) is 6.54 Å². The molecule has 1 unspecified atom stereocenters. The molecule has 0 radical (unpaired) electrons. The van der Waals surface area contributed by atoms with Gasteiger partial charge in [-0.3, -0.25) is 9.48 Å². The molecule has 1 rings (SSSR count). The van der Waals surface area contributed by atoms with E-state index in [2.05, 4.69) is 22.7 Å². The molecule has 1 amide bonds. The van der Waals surface area contributed by atoms with Crippen LogP contribution in [0.5, 0.6) is 0 Å². The SMILES string of the molecule is CCC(C)NC(=O)CCNCc1c(C)nn(C)c1Cl. The number of carbonyl (C=O) groups excluding carboxylic acids is 1. The molecule has 0 saturated heterocycles. The quantitative estimate of drug-likeness (QED) is 0.751. The van der Waals surface area contributed by atoms with Gasteiger partial charge >= 0.3 is 0 Å². The number of nitrogens with zero attached hydrogens (tertiary/aromatic N) is 2. The minimum Gasteiger partial charge on any atom is -0.354 e.